The van der Waals surface area contributed by atoms with Gasteiger partial charge in [0.25, 0.3) is 0 Å². The van der Waals surface area contributed by atoms with E-state index in [0.29, 0.717) is 24.4 Å². The lowest BCUT2D eigenvalue weighted by molar-refractivity contribution is -0.143. The van der Waals surface area contributed by atoms with E-state index in [1.54, 1.807) is 41.4 Å². The van der Waals surface area contributed by atoms with Crippen LogP contribution < -0.4 is 10.6 Å². The van der Waals surface area contributed by atoms with Gasteiger partial charge in [-0.2, -0.15) is 0 Å². The van der Waals surface area contributed by atoms with Crippen LogP contribution in [0.5, 0.6) is 0 Å². The number of aromatic nitrogens is 1. The molecule has 3 amide bonds. The van der Waals surface area contributed by atoms with Crippen molar-refractivity contribution in [2.24, 2.45) is 0 Å². The molecule has 0 spiro atoms. The fourth-order valence-corrected chi connectivity index (χ4v) is 5.19. The van der Waals surface area contributed by atoms with Crippen molar-refractivity contribution >= 4 is 23.5 Å². The second kappa shape index (κ2) is 14.0. The quantitative estimate of drug-likeness (QED) is 0.450. The zero-order valence-corrected chi connectivity index (χ0v) is 21.7. The first-order valence-corrected chi connectivity index (χ1v) is 13.7. The van der Waals surface area contributed by atoms with Gasteiger partial charge >= 0.3 is 0 Å². The summed E-state index contributed by atoms with van der Waals surface area (Å²) < 4.78 is 19.6. The number of carbonyl (C=O) groups excluding carboxylic acids is 3. The van der Waals surface area contributed by atoms with Gasteiger partial charge in [-0.3, -0.25) is 14.4 Å². The molecular weight excluding hydrogens is 487 g/mol. The monoisotopic (exact) mass is 524 g/mol. The number of hydrogen-bond donors (Lipinski definition) is 2. The number of carbonyl (C=O) groups is 3. The van der Waals surface area contributed by atoms with Gasteiger partial charge in [-0.15, -0.1) is 0 Å². The summed E-state index contributed by atoms with van der Waals surface area (Å²) >= 11 is 0. The van der Waals surface area contributed by atoms with E-state index >= 15 is 0 Å². The minimum Gasteiger partial charge on any atom is -0.376 e. The normalized spacial score (nSPS) is 18.5. The van der Waals surface area contributed by atoms with Crippen LogP contribution in [0.25, 0.3) is 0 Å². The van der Waals surface area contributed by atoms with Crippen molar-refractivity contribution in [3.8, 4) is 0 Å². The second-order valence-electron chi connectivity index (χ2n) is 10.1. The number of ether oxygens (including phenoxy) is 1. The third-order valence-electron chi connectivity index (χ3n) is 7.17. The fourth-order valence-electron chi connectivity index (χ4n) is 5.19. The summed E-state index contributed by atoms with van der Waals surface area (Å²) in [5.41, 5.74) is 0.555. The molecule has 2 fully saturated rings. The van der Waals surface area contributed by atoms with Crippen LogP contribution in [-0.2, 0) is 19.1 Å². The molecule has 1 aromatic carbocycles. The van der Waals surface area contributed by atoms with Gasteiger partial charge < -0.3 is 20.3 Å². The highest BCUT2D eigenvalue weighted by Crippen LogP contribution is 2.27. The van der Waals surface area contributed by atoms with Gasteiger partial charge in [-0.1, -0.05) is 37.5 Å². The van der Waals surface area contributed by atoms with Gasteiger partial charge in [0.15, 0.2) is 0 Å². The molecule has 1 aromatic heterocycles. The molecule has 2 aromatic rings. The van der Waals surface area contributed by atoms with Gasteiger partial charge in [0, 0.05) is 38.2 Å². The topological polar surface area (TPSA) is 101 Å². The average molecular weight is 525 g/mol. The molecule has 1 saturated heterocycles. The molecule has 2 N–H and O–H groups in total. The van der Waals surface area contributed by atoms with Gasteiger partial charge in [0.1, 0.15) is 17.7 Å². The molecule has 204 valence electrons. The maximum atomic E-state index is 13.8. The number of amides is 3. The van der Waals surface area contributed by atoms with Crippen molar-refractivity contribution in [2.45, 2.75) is 82.4 Å². The zero-order chi connectivity index (χ0) is 26.7. The lowest BCUT2D eigenvalue weighted by Crippen LogP contribution is -2.49. The first-order chi connectivity index (χ1) is 18.5. The number of nitrogens with zero attached hydrogens (tertiary/aromatic N) is 2. The Kier molecular flexibility index (Phi) is 10.2. The van der Waals surface area contributed by atoms with Crippen LogP contribution >= 0.6 is 0 Å². The SMILES string of the molecule is O=C(CCCC(=O)N(C[C@H]1CCCO1)[C@H](C(=O)NC1CCCCC1)c1ccc(F)cc1)Nc1ccccn1. The fraction of sp³-hybridized carbons (Fsp3) is 0.517. The number of rotatable bonds is 11. The number of nitrogens with one attached hydrogen (secondary N) is 2. The van der Waals surface area contributed by atoms with E-state index in [4.69, 9.17) is 4.74 Å². The molecule has 38 heavy (non-hydrogen) atoms. The van der Waals surface area contributed by atoms with Gasteiger partial charge in [-0.25, -0.2) is 9.37 Å². The molecule has 2 aliphatic rings. The maximum Gasteiger partial charge on any atom is 0.247 e. The smallest absolute Gasteiger partial charge is 0.247 e. The summed E-state index contributed by atoms with van der Waals surface area (Å²) in [6.07, 6.45) is 8.78. The van der Waals surface area contributed by atoms with Gasteiger partial charge in [0.05, 0.1) is 6.10 Å². The predicted octanol–water partition coefficient (Wildman–Crippen LogP) is 4.53. The lowest BCUT2D eigenvalue weighted by atomic mass is 9.94. The molecular formula is C29H37FN4O4. The first-order valence-electron chi connectivity index (χ1n) is 13.7. The lowest BCUT2D eigenvalue weighted by Gasteiger charge is -2.34. The van der Waals surface area contributed by atoms with Crippen LogP contribution in [0.1, 0.15) is 75.8 Å². The Hall–Kier alpha value is -3.33. The highest BCUT2D eigenvalue weighted by atomic mass is 19.1. The largest absolute Gasteiger partial charge is 0.376 e. The minimum absolute atomic E-state index is 0.0640. The van der Waals surface area contributed by atoms with Crippen LogP contribution in [0.4, 0.5) is 10.2 Å². The molecule has 2 atom stereocenters. The summed E-state index contributed by atoms with van der Waals surface area (Å²) in [7, 11) is 0. The Balaban J connectivity index is 1.48. The molecule has 8 nitrogen and oxygen atoms in total. The summed E-state index contributed by atoms with van der Waals surface area (Å²) in [5.74, 6) is -0.676. The summed E-state index contributed by atoms with van der Waals surface area (Å²) in [6, 6.07) is 10.2. The van der Waals surface area contributed by atoms with Crippen LogP contribution in [0, 0.1) is 5.82 Å². The molecule has 0 bridgehead atoms. The van der Waals surface area contributed by atoms with Crippen molar-refractivity contribution in [3.05, 3.63) is 60.0 Å². The van der Waals surface area contributed by atoms with Crippen molar-refractivity contribution in [2.75, 3.05) is 18.5 Å². The Morgan fingerprint density at radius 2 is 1.79 bits per heavy atom. The Morgan fingerprint density at radius 1 is 1.00 bits per heavy atom. The summed E-state index contributed by atoms with van der Waals surface area (Å²) in [5, 5.41) is 5.88. The maximum absolute atomic E-state index is 13.8. The third kappa shape index (κ3) is 8.08. The predicted molar refractivity (Wildman–Crippen MR) is 142 cm³/mol. The molecule has 9 heteroatoms. The number of benzene rings is 1. The van der Waals surface area contributed by atoms with E-state index in [2.05, 4.69) is 15.6 Å². The minimum atomic E-state index is -0.906. The van der Waals surface area contributed by atoms with Crippen molar-refractivity contribution < 1.29 is 23.5 Å². The second-order valence-corrected chi connectivity index (χ2v) is 10.1. The van der Waals surface area contributed by atoms with Gasteiger partial charge in [-0.05, 0) is 61.9 Å². The van der Waals surface area contributed by atoms with E-state index < -0.39 is 11.9 Å². The van der Waals surface area contributed by atoms with E-state index in [-0.39, 0.29) is 49.3 Å². The summed E-state index contributed by atoms with van der Waals surface area (Å²) in [6.45, 7) is 0.884. The standard InChI is InChI=1S/C29H37FN4O4/c30-22-16-14-21(15-17-22)28(29(37)32-23-8-2-1-3-9-23)34(20-24-10-7-19-38-24)27(36)13-6-12-26(35)33-25-11-4-5-18-31-25/h4-5,11,14-18,23-24,28H,1-3,6-10,12-13,19-20H2,(H,32,37)(H,31,33,35)/t24-,28+/m1/s1. The molecule has 0 unspecified atom stereocenters. The molecule has 1 saturated carbocycles. The van der Waals surface area contributed by atoms with Crippen molar-refractivity contribution in [1.29, 1.82) is 0 Å². The molecule has 0 radical (unpaired) electrons. The van der Waals surface area contributed by atoms with E-state index in [1.807, 2.05) is 0 Å². The van der Waals surface area contributed by atoms with Gasteiger partial charge in [0.2, 0.25) is 17.7 Å². The highest BCUT2D eigenvalue weighted by Gasteiger charge is 2.35. The number of anilines is 1. The summed E-state index contributed by atoms with van der Waals surface area (Å²) in [4.78, 5) is 45.3. The molecule has 4 rings (SSSR count). The van der Waals surface area contributed by atoms with Crippen LogP contribution in [0.3, 0.4) is 0 Å². The van der Waals surface area contributed by atoms with Crippen LogP contribution in [0.15, 0.2) is 48.7 Å². The zero-order valence-electron chi connectivity index (χ0n) is 21.7. The first kappa shape index (κ1) is 27.7. The highest BCUT2D eigenvalue weighted by molar-refractivity contribution is 5.91. The Labute approximate surface area is 223 Å². The van der Waals surface area contributed by atoms with Crippen LogP contribution in [-0.4, -0.2) is 52.9 Å². The third-order valence-corrected chi connectivity index (χ3v) is 7.17. The Morgan fingerprint density at radius 3 is 2.47 bits per heavy atom. The van der Waals surface area contributed by atoms with E-state index in [0.717, 1.165) is 44.9 Å². The number of pyridine rings is 1. The molecule has 1 aliphatic heterocycles. The van der Waals surface area contributed by atoms with E-state index in [9.17, 15) is 18.8 Å². The van der Waals surface area contributed by atoms with Crippen LogP contribution in [0.2, 0.25) is 0 Å². The number of hydrogen-bond acceptors (Lipinski definition) is 5. The average Bonchev–Trinajstić information content (AvgIpc) is 3.44. The van der Waals surface area contributed by atoms with Crippen molar-refractivity contribution in [1.82, 2.24) is 15.2 Å². The Bertz CT molecular complexity index is 1050. The number of halogens is 1. The van der Waals surface area contributed by atoms with Crippen molar-refractivity contribution in [3.63, 3.8) is 0 Å². The van der Waals surface area contributed by atoms with E-state index in [1.165, 1.54) is 12.1 Å². The molecule has 2 heterocycles. The molecule has 1 aliphatic carbocycles.